The zero-order valence-corrected chi connectivity index (χ0v) is 16.3. The van der Waals surface area contributed by atoms with Crippen LogP contribution >= 0.6 is 0 Å². The lowest BCUT2D eigenvalue weighted by Crippen LogP contribution is -2.48. The molecule has 1 saturated heterocycles. The Kier molecular flexibility index (Phi) is 5.01. The van der Waals surface area contributed by atoms with Crippen LogP contribution in [0.3, 0.4) is 0 Å². The predicted octanol–water partition coefficient (Wildman–Crippen LogP) is 3.37. The molecule has 5 heteroatoms. The van der Waals surface area contributed by atoms with Crippen molar-refractivity contribution in [1.29, 1.82) is 0 Å². The van der Waals surface area contributed by atoms with Crippen molar-refractivity contribution in [2.24, 2.45) is 0 Å². The predicted molar refractivity (Wildman–Crippen MR) is 110 cm³/mol. The number of nitrogens with zero attached hydrogens (tertiary/aromatic N) is 2. The van der Waals surface area contributed by atoms with Crippen molar-refractivity contribution in [2.45, 2.75) is 20.4 Å². The minimum atomic E-state index is -0.211. The lowest BCUT2D eigenvalue weighted by molar-refractivity contribution is 0.0598. The summed E-state index contributed by atoms with van der Waals surface area (Å²) in [7, 11) is 0. The summed E-state index contributed by atoms with van der Waals surface area (Å²) in [6.07, 6.45) is 0. The van der Waals surface area contributed by atoms with Crippen LogP contribution in [0.1, 0.15) is 27.2 Å². The van der Waals surface area contributed by atoms with Gasteiger partial charge in [-0.3, -0.25) is 14.5 Å². The molecule has 0 unspecified atom stereocenters. The maximum atomic E-state index is 12.9. The van der Waals surface area contributed by atoms with Gasteiger partial charge < -0.3 is 9.32 Å². The summed E-state index contributed by atoms with van der Waals surface area (Å²) in [5.41, 5.74) is 3.65. The average Bonchev–Trinajstić information content (AvgIpc) is 2.70. The highest BCUT2D eigenvalue weighted by Crippen LogP contribution is 2.19. The van der Waals surface area contributed by atoms with Crippen molar-refractivity contribution in [3.63, 3.8) is 0 Å². The molecule has 0 N–H and O–H groups in total. The highest BCUT2D eigenvalue weighted by molar-refractivity contribution is 5.93. The number of carbonyl (C=O) groups excluding carboxylic acids is 1. The standard InChI is InChI=1S/C23H24N2O3/c1-16-12-19-20(26)14-22(28-21(19)13-17(16)2)23(27)25-10-8-24(9-11-25)15-18-6-4-3-5-7-18/h3-7,12-14H,8-11,15H2,1-2H3. The van der Waals surface area contributed by atoms with Gasteiger partial charge in [0.2, 0.25) is 0 Å². The largest absolute Gasteiger partial charge is 0.451 e. The lowest BCUT2D eigenvalue weighted by Gasteiger charge is -2.34. The number of fused-ring (bicyclic) bond motifs is 1. The molecular formula is C23H24N2O3. The minimum Gasteiger partial charge on any atom is -0.451 e. The van der Waals surface area contributed by atoms with Gasteiger partial charge in [-0.1, -0.05) is 30.3 Å². The van der Waals surface area contributed by atoms with E-state index in [2.05, 4.69) is 17.0 Å². The van der Waals surface area contributed by atoms with Gasteiger partial charge >= 0.3 is 0 Å². The number of rotatable bonds is 3. The van der Waals surface area contributed by atoms with Crippen LogP contribution in [0, 0.1) is 13.8 Å². The Bertz CT molecular complexity index is 1060. The van der Waals surface area contributed by atoms with Crippen LogP contribution in [-0.4, -0.2) is 41.9 Å². The van der Waals surface area contributed by atoms with Gasteiger partial charge in [-0.25, -0.2) is 0 Å². The van der Waals surface area contributed by atoms with Gasteiger partial charge in [0.05, 0.1) is 5.39 Å². The van der Waals surface area contributed by atoms with E-state index >= 15 is 0 Å². The van der Waals surface area contributed by atoms with E-state index in [1.807, 2.05) is 44.2 Å². The van der Waals surface area contributed by atoms with Gasteiger partial charge in [-0.05, 0) is 42.7 Å². The van der Waals surface area contributed by atoms with E-state index in [0.717, 1.165) is 30.8 Å². The molecule has 0 aliphatic carbocycles. The van der Waals surface area contributed by atoms with Crippen molar-refractivity contribution >= 4 is 16.9 Å². The molecule has 1 aliphatic rings. The second-order valence-electron chi connectivity index (χ2n) is 7.46. The maximum absolute atomic E-state index is 12.9. The fraction of sp³-hybridized carbons (Fsp3) is 0.304. The topological polar surface area (TPSA) is 53.8 Å². The Morgan fingerprint density at radius 2 is 1.64 bits per heavy atom. The molecule has 3 aromatic rings. The quantitative estimate of drug-likeness (QED) is 0.703. The van der Waals surface area contributed by atoms with Gasteiger partial charge in [-0.2, -0.15) is 0 Å². The van der Waals surface area contributed by atoms with Crippen molar-refractivity contribution < 1.29 is 9.21 Å². The van der Waals surface area contributed by atoms with Crippen LogP contribution < -0.4 is 5.43 Å². The molecule has 1 amide bonds. The van der Waals surface area contributed by atoms with Crippen LogP contribution in [0.2, 0.25) is 0 Å². The third kappa shape index (κ3) is 3.71. The van der Waals surface area contributed by atoms with Gasteiger partial charge in [0.25, 0.3) is 5.91 Å². The van der Waals surface area contributed by atoms with E-state index in [1.54, 1.807) is 4.90 Å². The van der Waals surface area contributed by atoms with E-state index in [-0.39, 0.29) is 17.1 Å². The fourth-order valence-electron chi connectivity index (χ4n) is 3.62. The molecule has 0 radical (unpaired) electrons. The van der Waals surface area contributed by atoms with Gasteiger partial charge in [-0.15, -0.1) is 0 Å². The minimum absolute atomic E-state index is 0.122. The number of hydrogen-bond acceptors (Lipinski definition) is 4. The molecule has 0 atom stereocenters. The Balaban J connectivity index is 1.48. The summed E-state index contributed by atoms with van der Waals surface area (Å²) in [4.78, 5) is 29.5. The van der Waals surface area contributed by atoms with E-state index in [0.29, 0.717) is 24.1 Å². The second kappa shape index (κ2) is 7.60. The molecule has 0 saturated carbocycles. The van der Waals surface area contributed by atoms with Gasteiger partial charge in [0, 0.05) is 38.8 Å². The van der Waals surface area contributed by atoms with Crippen molar-refractivity contribution in [2.75, 3.05) is 26.2 Å². The third-order valence-electron chi connectivity index (χ3n) is 5.46. The molecule has 1 aromatic heterocycles. The smallest absolute Gasteiger partial charge is 0.289 e. The molecule has 5 nitrogen and oxygen atoms in total. The summed E-state index contributed by atoms with van der Waals surface area (Å²) < 4.78 is 5.81. The molecular weight excluding hydrogens is 352 g/mol. The molecule has 28 heavy (non-hydrogen) atoms. The van der Waals surface area contributed by atoms with Crippen molar-refractivity contribution in [3.8, 4) is 0 Å². The average molecular weight is 376 g/mol. The van der Waals surface area contributed by atoms with Crippen LogP contribution in [0.25, 0.3) is 11.0 Å². The first-order chi connectivity index (χ1) is 13.5. The molecule has 1 aliphatic heterocycles. The Morgan fingerprint density at radius 3 is 2.36 bits per heavy atom. The van der Waals surface area contributed by atoms with Crippen LogP contribution in [0.15, 0.2) is 57.7 Å². The monoisotopic (exact) mass is 376 g/mol. The molecule has 4 rings (SSSR count). The van der Waals surface area contributed by atoms with Crippen LogP contribution in [-0.2, 0) is 6.54 Å². The summed E-state index contributed by atoms with van der Waals surface area (Å²) in [5, 5.41) is 0.521. The van der Waals surface area contributed by atoms with Crippen molar-refractivity contribution in [1.82, 2.24) is 9.80 Å². The normalized spacial score (nSPS) is 15.1. The first kappa shape index (κ1) is 18.4. The Hall–Kier alpha value is -2.92. The second-order valence-corrected chi connectivity index (χ2v) is 7.46. The van der Waals surface area contributed by atoms with E-state index < -0.39 is 0 Å². The number of aryl methyl sites for hydroxylation is 2. The molecule has 1 fully saturated rings. The highest BCUT2D eigenvalue weighted by Gasteiger charge is 2.24. The zero-order chi connectivity index (χ0) is 19.7. The first-order valence-corrected chi connectivity index (χ1v) is 9.62. The van der Waals surface area contributed by atoms with E-state index in [9.17, 15) is 9.59 Å². The number of piperazine rings is 1. The van der Waals surface area contributed by atoms with Crippen molar-refractivity contribution in [3.05, 3.63) is 81.2 Å². The van der Waals surface area contributed by atoms with E-state index in [4.69, 9.17) is 4.42 Å². The molecule has 2 aromatic carbocycles. The molecule has 0 spiro atoms. The van der Waals surface area contributed by atoms with Gasteiger partial charge in [0.1, 0.15) is 5.58 Å². The highest BCUT2D eigenvalue weighted by atomic mass is 16.3. The Labute approximate surface area is 164 Å². The number of carbonyl (C=O) groups is 1. The van der Waals surface area contributed by atoms with Crippen LogP contribution in [0.4, 0.5) is 0 Å². The molecule has 0 bridgehead atoms. The summed E-state index contributed by atoms with van der Waals surface area (Å²) in [6.45, 7) is 7.66. The molecule has 2 heterocycles. The van der Waals surface area contributed by atoms with E-state index in [1.165, 1.54) is 11.6 Å². The summed E-state index contributed by atoms with van der Waals surface area (Å²) in [5.74, 6) is -0.0890. The first-order valence-electron chi connectivity index (χ1n) is 9.62. The number of hydrogen-bond donors (Lipinski definition) is 0. The maximum Gasteiger partial charge on any atom is 0.289 e. The Morgan fingerprint density at radius 1 is 0.964 bits per heavy atom. The lowest BCUT2D eigenvalue weighted by atomic mass is 10.1. The third-order valence-corrected chi connectivity index (χ3v) is 5.46. The SMILES string of the molecule is Cc1cc2oc(C(=O)N3CCN(Cc4ccccc4)CC3)cc(=O)c2cc1C. The molecule has 144 valence electrons. The zero-order valence-electron chi connectivity index (χ0n) is 16.3. The fourth-order valence-corrected chi connectivity index (χ4v) is 3.62. The van der Waals surface area contributed by atoms with Crippen LogP contribution in [0.5, 0.6) is 0 Å². The summed E-state index contributed by atoms with van der Waals surface area (Å²) >= 11 is 0. The summed E-state index contributed by atoms with van der Waals surface area (Å²) in [6, 6.07) is 15.3. The van der Waals surface area contributed by atoms with Gasteiger partial charge in [0.15, 0.2) is 11.2 Å². The number of benzene rings is 2. The number of amides is 1.